The van der Waals surface area contributed by atoms with E-state index in [1.165, 1.54) is 37.7 Å². The lowest BCUT2D eigenvalue weighted by molar-refractivity contribution is -0.00486. The van der Waals surface area contributed by atoms with Gasteiger partial charge in [-0.1, -0.05) is 56.8 Å². The Bertz CT molecular complexity index is 1220. The van der Waals surface area contributed by atoms with Crippen LogP contribution < -0.4 is 10.5 Å². The lowest BCUT2D eigenvalue weighted by Crippen LogP contribution is -2.38. The second kappa shape index (κ2) is 12.2. The molecule has 1 heterocycles. The molecule has 2 saturated carbocycles. The van der Waals surface area contributed by atoms with Crippen molar-refractivity contribution in [2.24, 2.45) is 35.3 Å². The average Bonchev–Trinajstić information content (AvgIpc) is 3.74. The predicted molar refractivity (Wildman–Crippen MR) is 165 cm³/mol. The minimum absolute atomic E-state index is 0.0754. The van der Waals surface area contributed by atoms with Crippen LogP contribution in [0, 0.1) is 29.6 Å². The van der Waals surface area contributed by atoms with E-state index in [-0.39, 0.29) is 29.9 Å². The standard InChI is InChI=1S/C35H47BNO4/c1-20-8-10-24(14-23(20)11-9-22-5-3-6-22)25-13-21(2)32-26(15-25)16-28(18-29(32)30(39)7-4-12-37)41-31-17-27(19-38)33-34(36-33)35(31)40/h8,10,14,16,18,20,22-23,25,27,31,33-35,38,40H,2-7,9,11-13,15,17,19,37H2,1H3. The number of nitrogens with two attached hydrogens (primary N) is 1. The van der Waals surface area contributed by atoms with Gasteiger partial charge in [0.2, 0.25) is 0 Å². The highest BCUT2D eigenvalue weighted by atomic mass is 16.5. The third kappa shape index (κ3) is 6.03. The molecule has 0 spiro atoms. The van der Waals surface area contributed by atoms with Gasteiger partial charge in [-0.05, 0) is 115 Å². The van der Waals surface area contributed by atoms with Gasteiger partial charge in [0, 0.05) is 18.6 Å². The Morgan fingerprint density at radius 3 is 2.76 bits per heavy atom. The first-order valence-electron chi connectivity index (χ1n) is 16.1. The van der Waals surface area contributed by atoms with Crippen LogP contribution in [0.5, 0.6) is 5.75 Å². The fourth-order valence-electron chi connectivity index (χ4n) is 7.93. The molecular formula is C35H47BNO4. The zero-order chi connectivity index (χ0) is 28.7. The number of ketones is 1. The monoisotopic (exact) mass is 556 g/mol. The molecule has 0 amide bonds. The van der Waals surface area contributed by atoms with Crippen LogP contribution in [0.1, 0.15) is 86.2 Å². The molecule has 1 aliphatic heterocycles. The van der Waals surface area contributed by atoms with Crippen molar-refractivity contribution >= 4 is 18.6 Å². The molecule has 219 valence electrons. The molecule has 5 nitrogen and oxygen atoms in total. The molecule has 1 aromatic rings. The van der Waals surface area contributed by atoms with E-state index in [9.17, 15) is 15.0 Å². The number of carbonyl (C=O) groups is 1. The molecular weight excluding hydrogens is 509 g/mol. The molecule has 8 unspecified atom stereocenters. The molecule has 5 aliphatic rings. The number of fused-ring (bicyclic) bond motifs is 2. The first-order valence-corrected chi connectivity index (χ1v) is 16.1. The van der Waals surface area contributed by atoms with E-state index in [1.807, 2.05) is 6.07 Å². The maximum atomic E-state index is 13.4. The number of carbonyl (C=O) groups excluding carboxylic acids is 1. The third-order valence-electron chi connectivity index (χ3n) is 10.8. The zero-order valence-corrected chi connectivity index (χ0v) is 24.6. The van der Waals surface area contributed by atoms with Gasteiger partial charge in [-0.15, -0.1) is 0 Å². The van der Waals surface area contributed by atoms with E-state index in [0.717, 1.165) is 35.5 Å². The highest BCUT2D eigenvalue weighted by Crippen LogP contribution is 2.56. The van der Waals surface area contributed by atoms with Gasteiger partial charge in [0.1, 0.15) is 19.1 Å². The second-order valence-corrected chi connectivity index (χ2v) is 13.6. The summed E-state index contributed by atoms with van der Waals surface area (Å²) < 4.78 is 6.46. The van der Waals surface area contributed by atoms with Gasteiger partial charge in [0.25, 0.3) is 0 Å². The molecule has 1 radical (unpaired) electrons. The van der Waals surface area contributed by atoms with E-state index in [0.29, 0.717) is 54.9 Å². The highest BCUT2D eigenvalue weighted by molar-refractivity contribution is 6.54. The lowest BCUT2D eigenvalue weighted by Gasteiger charge is -2.35. The largest absolute Gasteiger partial charge is 0.488 e. The SMILES string of the molecule is C=C1CC(C2=CC(CCC3CCC3)C(C)C=C2)Cc2cc(OC3CC(CO)C4[B]C4C3O)cc(C(=O)CCCN)c21. The summed E-state index contributed by atoms with van der Waals surface area (Å²) in [6.45, 7) is 7.41. The van der Waals surface area contributed by atoms with Gasteiger partial charge < -0.3 is 20.7 Å². The molecule has 0 bridgehead atoms. The van der Waals surface area contributed by atoms with Crippen molar-refractivity contribution < 1.29 is 19.7 Å². The number of Topliss-reactive ketones (excluding diaryl/α,β-unsaturated/α-hetero) is 1. The van der Waals surface area contributed by atoms with Crippen LogP contribution in [0.4, 0.5) is 0 Å². The Balaban J connectivity index is 1.26. The number of ether oxygens (including phenoxy) is 1. The zero-order valence-electron chi connectivity index (χ0n) is 24.6. The van der Waals surface area contributed by atoms with Crippen molar-refractivity contribution in [2.75, 3.05) is 13.2 Å². The third-order valence-corrected chi connectivity index (χ3v) is 10.8. The molecule has 8 atom stereocenters. The van der Waals surface area contributed by atoms with Gasteiger partial charge in [-0.25, -0.2) is 0 Å². The van der Waals surface area contributed by atoms with Crippen LogP contribution in [0.15, 0.2) is 42.5 Å². The van der Waals surface area contributed by atoms with Crippen molar-refractivity contribution in [3.05, 3.63) is 59.2 Å². The van der Waals surface area contributed by atoms with Crippen LogP contribution in [0.2, 0.25) is 11.6 Å². The van der Waals surface area contributed by atoms with Crippen LogP contribution in [-0.2, 0) is 6.42 Å². The summed E-state index contributed by atoms with van der Waals surface area (Å²) in [4.78, 5) is 13.4. The van der Waals surface area contributed by atoms with Crippen molar-refractivity contribution in [1.29, 1.82) is 0 Å². The quantitative estimate of drug-likeness (QED) is 0.232. The smallest absolute Gasteiger partial charge is 0.163 e. The number of allylic oxidation sites excluding steroid dienone is 5. The average molecular weight is 557 g/mol. The van der Waals surface area contributed by atoms with Gasteiger partial charge in [0.15, 0.2) is 5.78 Å². The number of aliphatic hydroxyl groups excluding tert-OH is 2. The first kappa shape index (κ1) is 29.0. The van der Waals surface area contributed by atoms with Gasteiger partial charge in [-0.3, -0.25) is 4.79 Å². The Morgan fingerprint density at radius 1 is 1.20 bits per heavy atom. The normalized spacial score (nSPS) is 34.1. The van der Waals surface area contributed by atoms with Gasteiger partial charge in [-0.2, -0.15) is 0 Å². The summed E-state index contributed by atoms with van der Waals surface area (Å²) in [5, 5.41) is 20.8. The molecule has 4 N–H and O–H groups in total. The molecule has 3 fully saturated rings. The maximum absolute atomic E-state index is 13.4. The summed E-state index contributed by atoms with van der Waals surface area (Å²) in [5.41, 5.74) is 10.9. The minimum atomic E-state index is -0.589. The number of hydrogen-bond donors (Lipinski definition) is 3. The molecule has 0 aromatic heterocycles. The number of hydrogen-bond acceptors (Lipinski definition) is 5. The molecule has 1 saturated heterocycles. The van der Waals surface area contributed by atoms with Crippen molar-refractivity contribution in [1.82, 2.24) is 0 Å². The van der Waals surface area contributed by atoms with E-state index >= 15 is 0 Å². The van der Waals surface area contributed by atoms with E-state index in [1.54, 1.807) is 0 Å². The topological polar surface area (TPSA) is 92.8 Å². The van der Waals surface area contributed by atoms with Crippen molar-refractivity contribution in [3.8, 4) is 5.75 Å². The Morgan fingerprint density at radius 2 is 2.02 bits per heavy atom. The Labute approximate surface area is 246 Å². The summed E-state index contributed by atoms with van der Waals surface area (Å²) in [6.07, 6.45) is 16.4. The molecule has 4 aliphatic carbocycles. The van der Waals surface area contributed by atoms with Gasteiger partial charge >= 0.3 is 0 Å². The molecule has 1 aromatic carbocycles. The molecule has 6 heteroatoms. The van der Waals surface area contributed by atoms with E-state index in [2.05, 4.69) is 45.1 Å². The lowest BCUT2D eigenvalue weighted by atomic mass is 9.71. The Kier molecular flexibility index (Phi) is 8.63. The van der Waals surface area contributed by atoms with E-state index < -0.39 is 12.2 Å². The van der Waals surface area contributed by atoms with E-state index in [4.69, 9.17) is 10.5 Å². The maximum Gasteiger partial charge on any atom is 0.163 e. The Hall–Kier alpha value is -2.15. The van der Waals surface area contributed by atoms with Crippen LogP contribution in [-0.4, -0.2) is 48.6 Å². The van der Waals surface area contributed by atoms with Crippen LogP contribution >= 0.6 is 0 Å². The summed E-state index contributed by atoms with van der Waals surface area (Å²) >= 11 is 0. The van der Waals surface area contributed by atoms with Crippen LogP contribution in [0.3, 0.4) is 0 Å². The fraction of sp³-hybridized carbons (Fsp3) is 0.629. The first-order chi connectivity index (χ1) is 19.9. The number of benzene rings is 1. The fourth-order valence-corrected chi connectivity index (χ4v) is 7.93. The molecule has 6 rings (SSSR count). The van der Waals surface area contributed by atoms with Crippen molar-refractivity contribution in [2.45, 2.75) is 95.0 Å². The summed E-state index contributed by atoms with van der Waals surface area (Å²) in [6, 6.07) is 3.95. The van der Waals surface area contributed by atoms with Gasteiger partial charge in [0.05, 0.1) is 6.10 Å². The summed E-state index contributed by atoms with van der Waals surface area (Å²) in [7, 11) is 2.13. The van der Waals surface area contributed by atoms with Crippen molar-refractivity contribution in [3.63, 3.8) is 0 Å². The molecule has 41 heavy (non-hydrogen) atoms. The highest BCUT2D eigenvalue weighted by Gasteiger charge is 2.55. The van der Waals surface area contributed by atoms with Crippen LogP contribution in [0.25, 0.3) is 5.57 Å². The summed E-state index contributed by atoms with van der Waals surface area (Å²) in [5.74, 6) is 3.61. The second-order valence-electron chi connectivity index (χ2n) is 13.6. The number of aliphatic hydroxyl groups is 2. The number of rotatable bonds is 11. The predicted octanol–water partition coefficient (Wildman–Crippen LogP) is 5.93. The minimum Gasteiger partial charge on any atom is -0.488 e.